The number of rotatable bonds is 0. The van der Waals surface area contributed by atoms with Crippen LogP contribution in [0.4, 0.5) is 0 Å². The average Bonchev–Trinajstić information content (AvgIpc) is 2.81. The van der Waals surface area contributed by atoms with Gasteiger partial charge in [-0.05, 0) is 44.5 Å². The first kappa shape index (κ1) is 21.8. The van der Waals surface area contributed by atoms with E-state index in [0.29, 0.717) is 25.7 Å². The molecule has 0 saturated heterocycles. The summed E-state index contributed by atoms with van der Waals surface area (Å²) in [5.41, 5.74) is 7.60. The number of aromatic hydroxyl groups is 2. The van der Waals surface area contributed by atoms with Gasteiger partial charge in [0.05, 0.1) is 0 Å². The first-order valence-electron chi connectivity index (χ1n) is 12.1. The molecule has 0 amide bonds. The van der Waals surface area contributed by atoms with E-state index in [1.54, 1.807) is 0 Å². The van der Waals surface area contributed by atoms with Crippen LogP contribution in [0.3, 0.4) is 0 Å². The second-order valence-electron chi connectivity index (χ2n) is 9.97. The molecule has 2 N–H and O–H groups in total. The lowest BCUT2D eigenvalue weighted by atomic mass is 9.91. The largest absolute Gasteiger partial charge is 0.512 e. The van der Waals surface area contributed by atoms with Crippen LogP contribution in [0.1, 0.15) is 44.5 Å². The smallest absolute Gasteiger partial charge is 0.454 e. The zero-order valence-corrected chi connectivity index (χ0v) is 21.0. The molecule has 0 unspecified atom stereocenters. The Labute approximate surface area is 206 Å². The summed E-state index contributed by atoms with van der Waals surface area (Å²) < 4.78 is 13.4. The second kappa shape index (κ2) is 8.20. The molecule has 176 valence electrons. The van der Waals surface area contributed by atoms with Crippen LogP contribution in [0, 0.1) is 0 Å². The maximum absolute atomic E-state index is 11.2. The Morgan fingerprint density at radius 3 is 1.09 bits per heavy atom. The van der Waals surface area contributed by atoms with E-state index >= 15 is 0 Å². The fourth-order valence-corrected chi connectivity index (χ4v) is 6.84. The summed E-state index contributed by atoms with van der Waals surface area (Å²) >= 11 is 0. The van der Waals surface area contributed by atoms with Crippen LogP contribution in [0.5, 0.6) is 23.0 Å². The molecular formula is C30H28O4Si. The highest BCUT2D eigenvalue weighted by Crippen LogP contribution is 2.40. The SMILES string of the molecule is C[Si]1(C)Oc2c3cccc2Cc2cccc(c2O1)Cc1cccc(c1O)Cc1cccc(c1O)C3. The molecule has 5 heteroatoms. The maximum Gasteiger partial charge on any atom is 0.454 e. The molecule has 0 saturated carbocycles. The summed E-state index contributed by atoms with van der Waals surface area (Å²) in [7, 11) is -2.62. The van der Waals surface area contributed by atoms with E-state index in [1.165, 1.54) is 0 Å². The Bertz CT molecular complexity index is 1350. The van der Waals surface area contributed by atoms with Crippen LogP contribution in [-0.2, 0) is 25.7 Å². The van der Waals surface area contributed by atoms with Gasteiger partial charge in [-0.15, -0.1) is 0 Å². The van der Waals surface area contributed by atoms with Gasteiger partial charge in [0.25, 0.3) is 0 Å². The fraction of sp³-hybridized carbons (Fsp3) is 0.200. The Hall–Kier alpha value is -3.70. The lowest BCUT2D eigenvalue weighted by Gasteiger charge is -2.32. The van der Waals surface area contributed by atoms with Crippen molar-refractivity contribution in [1.29, 1.82) is 0 Å². The number of phenolic OH excluding ortho intramolecular Hbond substituents is 2. The molecule has 35 heavy (non-hydrogen) atoms. The van der Waals surface area contributed by atoms with Crippen molar-refractivity contribution in [3.63, 3.8) is 0 Å². The summed E-state index contributed by atoms with van der Waals surface area (Å²) in [6.45, 7) is 4.14. The Balaban J connectivity index is 1.63. The first-order valence-corrected chi connectivity index (χ1v) is 14.9. The molecule has 1 aliphatic carbocycles. The van der Waals surface area contributed by atoms with Crippen LogP contribution in [0.25, 0.3) is 0 Å². The van der Waals surface area contributed by atoms with Gasteiger partial charge < -0.3 is 19.1 Å². The summed E-state index contributed by atoms with van der Waals surface area (Å²) in [4.78, 5) is 0. The average molecular weight is 481 g/mol. The summed E-state index contributed by atoms with van der Waals surface area (Å²) in [6, 6.07) is 24.3. The molecule has 4 aromatic carbocycles. The monoisotopic (exact) mass is 480 g/mol. The number of benzene rings is 4. The topological polar surface area (TPSA) is 58.9 Å². The molecule has 3 aliphatic rings. The zero-order valence-electron chi connectivity index (χ0n) is 20.0. The minimum Gasteiger partial charge on any atom is -0.512 e. The van der Waals surface area contributed by atoms with E-state index < -0.39 is 8.56 Å². The predicted octanol–water partition coefficient (Wildman–Crippen LogP) is 6.25. The quantitative estimate of drug-likeness (QED) is 0.257. The number of fused-ring (bicyclic) bond motifs is 2. The highest BCUT2D eigenvalue weighted by Gasteiger charge is 2.35. The van der Waals surface area contributed by atoms with Crippen LogP contribution in [0.15, 0.2) is 72.8 Å². The molecule has 4 aromatic rings. The van der Waals surface area contributed by atoms with Gasteiger partial charge in [0, 0.05) is 38.8 Å². The van der Waals surface area contributed by atoms with Gasteiger partial charge in [0.1, 0.15) is 23.0 Å². The number of phenols is 2. The minimum absolute atomic E-state index is 0.271. The highest BCUT2D eigenvalue weighted by molar-refractivity contribution is 6.66. The van der Waals surface area contributed by atoms with Gasteiger partial charge in [-0.25, -0.2) is 0 Å². The fourth-order valence-electron chi connectivity index (χ4n) is 5.29. The van der Waals surface area contributed by atoms with Crippen molar-refractivity contribution in [2.45, 2.75) is 38.8 Å². The third kappa shape index (κ3) is 3.96. The molecule has 0 aromatic heterocycles. The van der Waals surface area contributed by atoms with Crippen molar-refractivity contribution < 1.29 is 19.1 Å². The highest BCUT2D eigenvalue weighted by atomic mass is 28.4. The van der Waals surface area contributed by atoms with Crippen molar-refractivity contribution >= 4 is 8.56 Å². The molecule has 2 aliphatic heterocycles. The van der Waals surface area contributed by atoms with Gasteiger partial charge in [-0.2, -0.15) is 0 Å². The summed E-state index contributed by atoms with van der Waals surface area (Å²) in [5, 5.41) is 22.4. The Kier molecular flexibility index (Phi) is 5.11. The lowest BCUT2D eigenvalue weighted by Crippen LogP contribution is -2.43. The van der Waals surface area contributed by atoms with Crippen molar-refractivity contribution in [3.05, 3.63) is 117 Å². The third-order valence-corrected chi connectivity index (χ3v) is 8.37. The zero-order chi connectivity index (χ0) is 24.2. The first-order chi connectivity index (χ1) is 16.9. The van der Waals surface area contributed by atoms with Gasteiger partial charge in [0.15, 0.2) is 0 Å². The molecule has 0 radical (unpaired) electrons. The van der Waals surface area contributed by atoms with E-state index in [-0.39, 0.29) is 11.5 Å². The Morgan fingerprint density at radius 1 is 0.486 bits per heavy atom. The summed E-state index contributed by atoms with van der Waals surface area (Å²) in [6.07, 6.45) is 2.24. The van der Waals surface area contributed by atoms with Crippen LogP contribution in [0.2, 0.25) is 13.1 Å². The standard InChI is InChI=1S/C30H28O4Si/c1-35(2)33-29-23-11-5-13-25(29)18-26-14-6-12-24(30(26)34-35)17-22-10-4-8-20(28(22)32)15-19-7-3-9-21(16-23)27(19)31/h3-14,31-32H,15-18H2,1-2H3. The normalized spacial score (nSPS) is 15.6. The molecule has 0 spiro atoms. The molecule has 0 atom stereocenters. The van der Waals surface area contributed by atoms with Crippen molar-refractivity contribution in [2.75, 3.05) is 0 Å². The van der Waals surface area contributed by atoms with Gasteiger partial charge in [-0.1, -0.05) is 72.8 Å². The van der Waals surface area contributed by atoms with Crippen molar-refractivity contribution in [1.82, 2.24) is 0 Å². The molecule has 4 nitrogen and oxygen atoms in total. The maximum atomic E-state index is 11.2. The minimum atomic E-state index is -2.62. The number of hydrogen-bond acceptors (Lipinski definition) is 4. The molecule has 10 bridgehead atoms. The van der Waals surface area contributed by atoms with Gasteiger partial charge in [-0.3, -0.25) is 0 Å². The van der Waals surface area contributed by atoms with Crippen molar-refractivity contribution in [2.24, 2.45) is 0 Å². The molecule has 2 heterocycles. The van der Waals surface area contributed by atoms with E-state index in [1.807, 2.05) is 36.4 Å². The van der Waals surface area contributed by atoms with Gasteiger partial charge >= 0.3 is 8.56 Å². The predicted molar refractivity (Wildman–Crippen MR) is 139 cm³/mol. The van der Waals surface area contributed by atoms with E-state index in [9.17, 15) is 10.2 Å². The van der Waals surface area contributed by atoms with Crippen LogP contribution >= 0.6 is 0 Å². The van der Waals surface area contributed by atoms with Crippen LogP contribution < -0.4 is 8.85 Å². The molecular weight excluding hydrogens is 452 g/mol. The van der Waals surface area contributed by atoms with Gasteiger partial charge in [0.2, 0.25) is 0 Å². The number of para-hydroxylation sites is 4. The van der Waals surface area contributed by atoms with Crippen molar-refractivity contribution in [3.8, 4) is 23.0 Å². The van der Waals surface area contributed by atoms with E-state index in [4.69, 9.17) is 8.85 Å². The van der Waals surface area contributed by atoms with Crippen LogP contribution in [-0.4, -0.2) is 18.8 Å². The molecule has 7 rings (SSSR count). The van der Waals surface area contributed by atoms with E-state index in [0.717, 1.165) is 56.0 Å². The lowest BCUT2D eigenvalue weighted by molar-refractivity contribution is 0.385. The number of hydrogen-bond donors (Lipinski definition) is 2. The Morgan fingerprint density at radius 2 is 0.743 bits per heavy atom. The third-order valence-electron chi connectivity index (χ3n) is 6.98. The van der Waals surface area contributed by atoms with E-state index in [2.05, 4.69) is 49.5 Å². The molecule has 0 fully saturated rings. The summed E-state index contributed by atoms with van der Waals surface area (Å²) in [5.74, 6) is 2.29. The second-order valence-corrected chi connectivity index (χ2v) is 13.2.